The molecule has 4 rings (SSSR count). The van der Waals surface area contributed by atoms with E-state index in [0.29, 0.717) is 6.42 Å². The van der Waals surface area contributed by atoms with Gasteiger partial charge >= 0.3 is 0 Å². The van der Waals surface area contributed by atoms with Crippen molar-refractivity contribution in [2.24, 2.45) is 0 Å². The molecule has 6 nitrogen and oxygen atoms in total. The van der Waals surface area contributed by atoms with Crippen LogP contribution in [0.3, 0.4) is 0 Å². The summed E-state index contributed by atoms with van der Waals surface area (Å²) in [5, 5.41) is 2.73. The number of amides is 2. The summed E-state index contributed by atoms with van der Waals surface area (Å²) in [5.74, 6) is 0.859. The van der Waals surface area contributed by atoms with Crippen LogP contribution in [0.25, 0.3) is 11.0 Å². The van der Waals surface area contributed by atoms with Crippen molar-refractivity contribution in [2.45, 2.75) is 32.2 Å². The Hall–Kier alpha value is -3.15. The third kappa shape index (κ3) is 3.69. The first kappa shape index (κ1) is 17.3. The third-order valence-electron chi connectivity index (χ3n) is 4.93. The van der Waals surface area contributed by atoms with Crippen LogP contribution in [0.2, 0.25) is 0 Å². The van der Waals surface area contributed by atoms with Crippen LogP contribution < -0.4 is 5.32 Å². The SMILES string of the molecule is CC(=O)Nc1ccc(CC(=O)N2CCCC2c2nc3ccccc3[nH]2)cc1. The van der Waals surface area contributed by atoms with Crippen LogP contribution in [0.5, 0.6) is 0 Å². The molecule has 0 spiro atoms. The molecule has 138 valence electrons. The fraction of sp³-hybridized carbons (Fsp3) is 0.286. The van der Waals surface area contributed by atoms with E-state index >= 15 is 0 Å². The van der Waals surface area contributed by atoms with E-state index in [1.165, 1.54) is 6.92 Å². The molecule has 6 heteroatoms. The van der Waals surface area contributed by atoms with Gasteiger partial charge in [0.25, 0.3) is 0 Å². The van der Waals surface area contributed by atoms with Crippen molar-refractivity contribution >= 4 is 28.5 Å². The molecule has 1 aliphatic rings. The predicted molar refractivity (Wildman–Crippen MR) is 104 cm³/mol. The molecule has 1 saturated heterocycles. The number of carbonyl (C=O) groups excluding carboxylic acids is 2. The first-order chi connectivity index (χ1) is 13.1. The first-order valence-electron chi connectivity index (χ1n) is 9.21. The lowest BCUT2D eigenvalue weighted by Gasteiger charge is -2.23. The third-order valence-corrected chi connectivity index (χ3v) is 4.93. The van der Waals surface area contributed by atoms with Gasteiger partial charge in [0.2, 0.25) is 11.8 Å². The van der Waals surface area contributed by atoms with Crippen molar-refractivity contribution in [1.29, 1.82) is 0 Å². The number of nitrogens with one attached hydrogen (secondary N) is 2. The Morgan fingerprint density at radius 3 is 2.70 bits per heavy atom. The fourth-order valence-corrected chi connectivity index (χ4v) is 3.67. The van der Waals surface area contributed by atoms with Gasteiger partial charge in [0.15, 0.2) is 0 Å². The molecule has 0 aliphatic carbocycles. The number of aromatic amines is 1. The molecule has 2 aromatic carbocycles. The summed E-state index contributed by atoms with van der Waals surface area (Å²) in [5.41, 5.74) is 3.60. The number of hydrogen-bond acceptors (Lipinski definition) is 3. The van der Waals surface area contributed by atoms with E-state index in [9.17, 15) is 9.59 Å². The number of imidazole rings is 1. The monoisotopic (exact) mass is 362 g/mol. The molecular formula is C21H22N4O2. The van der Waals surface area contributed by atoms with Crippen LogP contribution >= 0.6 is 0 Å². The van der Waals surface area contributed by atoms with Gasteiger partial charge in [0.05, 0.1) is 23.5 Å². The molecule has 1 unspecified atom stereocenters. The molecule has 0 radical (unpaired) electrons. The topological polar surface area (TPSA) is 78.1 Å². The molecule has 2 heterocycles. The Balaban J connectivity index is 1.48. The zero-order valence-corrected chi connectivity index (χ0v) is 15.2. The van der Waals surface area contributed by atoms with Gasteiger partial charge < -0.3 is 15.2 Å². The highest BCUT2D eigenvalue weighted by Crippen LogP contribution is 2.32. The lowest BCUT2D eigenvalue weighted by atomic mass is 10.1. The smallest absolute Gasteiger partial charge is 0.227 e. The number of rotatable bonds is 4. The van der Waals surface area contributed by atoms with Crippen molar-refractivity contribution < 1.29 is 9.59 Å². The average Bonchev–Trinajstić information content (AvgIpc) is 3.29. The van der Waals surface area contributed by atoms with Crippen molar-refractivity contribution in [3.8, 4) is 0 Å². The Kier molecular flexibility index (Phi) is 4.62. The van der Waals surface area contributed by atoms with Gasteiger partial charge in [-0.15, -0.1) is 0 Å². The van der Waals surface area contributed by atoms with Crippen molar-refractivity contribution in [3.05, 3.63) is 59.9 Å². The van der Waals surface area contributed by atoms with Crippen molar-refractivity contribution in [2.75, 3.05) is 11.9 Å². The van der Waals surface area contributed by atoms with Crippen LogP contribution in [-0.4, -0.2) is 33.2 Å². The quantitative estimate of drug-likeness (QED) is 0.746. The minimum absolute atomic E-state index is 0.00329. The number of anilines is 1. The van der Waals surface area contributed by atoms with E-state index in [1.807, 2.05) is 53.4 Å². The molecule has 3 aromatic rings. The summed E-state index contributed by atoms with van der Waals surface area (Å²) in [6.07, 6.45) is 2.25. The molecule has 0 saturated carbocycles. The van der Waals surface area contributed by atoms with Gasteiger partial charge in [0.1, 0.15) is 5.82 Å². The lowest BCUT2D eigenvalue weighted by Crippen LogP contribution is -2.32. The number of para-hydroxylation sites is 2. The normalized spacial score (nSPS) is 16.6. The van der Waals surface area contributed by atoms with E-state index in [1.54, 1.807) is 0 Å². The Morgan fingerprint density at radius 2 is 1.96 bits per heavy atom. The number of hydrogen-bond donors (Lipinski definition) is 2. The maximum atomic E-state index is 12.9. The van der Waals surface area contributed by atoms with Gasteiger partial charge in [-0.2, -0.15) is 0 Å². The van der Waals surface area contributed by atoms with E-state index < -0.39 is 0 Å². The van der Waals surface area contributed by atoms with Gasteiger partial charge in [0, 0.05) is 19.2 Å². The zero-order chi connectivity index (χ0) is 18.8. The Labute approximate surface area is 157 Å². The first-order valence-corrected chi connectivity index (χ1v) is 9.21. The number of carbonyl (C=O) groups is 2. The molecule has 1 aliphatic heterocycles. The lowest BCUT2D eigenvalue weighted by molar-refractivity contribution is -0.131. The number of likely N-dealkylation sites (tertiary alicyclic amines) is 1. The molecule has 0 bridgehead atoms. The van der Waals surface area contributed by atoms with Gasteiger partial charge in [-0.25, -0.2) is 4.98 Å². The summed E-state index contributed by atoms with van der Waals surface area (Å²) in [7, 11) is 0. The van der Waals surface area contributed by atoms with E-state index in [-0.39, 0.29) is 17.9 Å². The summed E-state index contributed by atoms with van der Waals surface area (Å²) < 4.78 is 0. The molecular weight excluding hydrogens is 340 g/mol. The largest absolute Gasteiger partial charge is 0.340 e. The van der Waals surface area contributed by atoms with Gasteiger partial charge in [-0.3, -0.25) is 9.59 Å². The van der Waals surface area contributed by atoms with Crippen LogP contribution in [0, 0.1) is 0 Å². The average molecular weight is 362 g/mol. The fourth-order valence-electron chi connectivity index (χ4n) is 3.67. The summed E-state index contributed by atoms with van der Waals surface area (Å²) in [6, 6.07) is 15.3. The molecule has 2 amide bonds. The maximum absolute atomic E-state index is 12.9. The highest BCUT2D eigenvalue weighted by Gasteiger charge is 2.31. The van der Waals surface area contributed by atoms with Crippen LogP contribution in [0.15, 0.2) is 48.5 Å². The number of nitrogens with zero attached hydrogens (tertiary/aromatic N) is 2. The molecule has 1 atom stereocenters. The molecule has 1 aromatic heterocycles. The standard InChI is InChI=1S/C21H22N4O2/c1-14(26)22-16-10-8-15(9-11-16)13-20(27)25-12-4-7-19(25)21-23-17-5-2-3-6-18(17)24-21/h2-3,5-6,8-11,19H,4,7,12-13H2,1H3,(H,22,26)(H,23,24). The minimum Gasteiger partial charge on any atom is -0.340 e. The second-order valence-electron chi connectivity index (χ2n) is 6.94. The second kappa shape index (κ2) is 7.23. The second-order valence-corrected chi connectivity index (χ2v) is 6.94. The van der Waals surface area contributed by atoms with Crippen LogP contribution in [0.4, 0.5) is 5.69 Å². The van der Waals surface area contributed by atoms with E-state index in [0.717, 1.165) is 47.5 Å². The predicted octanol–water partition coefficient (Wildman–Crippen LogP) is 3.43. The number of aromatic nitrogens is 2. The number of benzene rings is 2. The van der Waals surface area contributed by atoms with Gasteiger partial charge in [-0.05, 0) is 42.7 Å². The molecule has 2 N–H and O–H groups in total. The van der Waals surface area contributed by atoms with Crippen molar-refractivity contribution in [1.82, 2.24) is 14.9 Å². The Morgan fingerprint density at radius 1 is 1.19 bits per heavy atom. The highest BCUT2D eigenvalue weighted by molar-refractivity contribution is 5.88. The maximum Gasteiger partial charge on any atom is 0.227 e. The summed E-state index contributed by atoms with van der Waals surface area (Å²) >= 11 is 0. The molecule has 1 fully saturated rings. The minimum atomic E-state index is -0.107. The number of H-pyrrole nitrogens is 1. The molecule has 27 heavy (non-hydrogen) atoms. The van der Waals surface area contributed by atoms with Crippen LogP contribution in [-0.2, 0) is 16.0 Å². The number of fused-ring (bicyclic) bond motifs is 1. The van der Waals surface area contributed by atoms with Gasteiger partial charge in [-0.1, -0.05) is 24.3 Å². The zero-order valence-electron chi connectivity index (χ0n) is 15.2. The van der Waals surface area contributed by atoms with E-state index in [2.05, 4.69) is 15.3 Å². The Bertz CT molecular complexity index is 944. The van der Waals surface area contributed by atoms with E-state index in [4.69, 9.17) is 0 Å². The summed E-state index contributed by atoms with van der Waals surface area (Å²) in [6.45, 7) is 2.23. The van der Waals surface area contributed by atoms with Crippen LogP contribution in [0.1, 0.15) is 37.2 Å². The summed E-state index contributed by atoms with van der Waals surface area (Å²) in [4.78, 5) is 34.0. The highest BCUT2D eigenvalue weighted by atomic mass is 16.2. The van der Waals surface area contributed by atoms with Crippen molar-refractivity contribution in [3.63, 3.8) is 0 Å².